The molecule has 4 nitrogen and oxygen atoms in total. The number of alkyl halides is 4. The molecule has 116 valence electrons. The van der Waals surface area contributed by atoms with E-state index in [1.807, 2.05) is 18.2 Å². The first kappa shape index (κ1) is 19.1. The highest BCUT2D eigenvalue weighted by atomic mass is 79.9. The van der Waals surface area contributed by atoms with Crippen LogP contribution in [0.1, 0.15) is 0 Å². The molecule has 3 N–H and O–H groups in total. The summed E-state index contributed by atoms with van der Waals surface area (Å²) in [5.74, 6) is -0.754. The van der Waals surface area contributed by atoms with Gasteiger partial charge in [-0.3, -0.25) is 4.79 Å². The van der Waals surface area contributed by atoms with Gasteiger partial charge in [0.2, 0.25) is 9.70 Å². The van der Waals surface area contributed by atoms with Crippen molar-refractivity contribution >= 4 is 91.3 Å². The summed E-state index contributed by atoms with van der Waals surface area (Å²) >= 11 is 31.2. The molecule has 0 aliphatic heterocycles. The van der Waals surface area contributed by atoms with Gasteiger partial charge in [0.1, 0.15) is 12.0 Å². The zero-order chi connectivity index (χ0) is 16.0. The normalized spacial score (nSPS) is 12.4. The van der Waals surface area contributed by atoms with Crippen molar-refractivity contribution in [2.24, 2.45) is 0 Å². The van der Waals surface area contributed by atoms with E-state index in [-0.39, 0.29) is 11.0 Å². The molecule has 0 spiro atoms. The molecule has 1 aromatic carbocycles. The highest BCUT2D eigenvalue weighted by Gasteiger charge is 2.34. The first-order valence-corrected chi connectivity index (χ1v) is 8.34. The fourth-order valence-corrected chi connectivity index (χ4v) is 2.30. The fourth-order valence-electron chi connectivity index (χ4n) is 1.26. The van der Waals surface area contributed by atoms with Crippen molar-refractivity contribution in [2.45, 2.75) is 9.96 Å². The maximum absolute atomic E-state index is 11.3. The molecule has 0 saturated carbocycles. The predicted molar refractivity (Wildman–Crippen MR) is 96.4 cm³/mol. The van der Waals surface area contributed by atoms with Gasteiger partial charge < -0.3 is 16.0 Å². The van der Waals surface area contributed by atoms with Crippen LogP contribution in [0.4, 0.5) is 5.69 Å². The lowest BCUT2D eigenvalue weighted by molar-refractivity contribution is -0.119. The molecule has 0 unspecified atom stereocenters. The molecule has 0 aliphatic carbocycles. The van der Waals surface area contributed by atoms with Gasteiger partial charge in [-0.1, -0.05) is 56.8 Å². The van der Waals surface area contributed by atoms with Gasteiger partial charge in [0.15, 0.2) is 5.11 Å². The summed E-state index contributed by atoms with van der Waals surface area (Å²) in [5.41, 5.74) is 0.730. The summed E-state index contributed by atoms with van der Waals surface area (Å²) in [6.07, 6.45) is -1.03. The molecule has 0 bridgehead atoms. The average molecular weight is 454 g/mol. The molecular weight excluding hydrogens is 444 g/mol. The zero-order valence-corrected chi connectivity index (χ0v) is 15.7. The second kappa shape index (κ2) is 8.60. The first-order chi connectivity index (χ1) is 9.72. The molecule has 21 heavy (non-hydrogen) atoms. The van der Waals surface area contributed by atoms with Crippen LogP contribution in [0.25, 0.3) is 0 Å². The van der Waals surface area contributed by atoms with Crippen LogP contribution in [-0.4, -0.2) is 26.9 Å². The number of carbonyl (C=O) groups is 1. The van der Waals surface area contributed by atoms with Gasteiger partial charge in [0.25, 0.3) is 0 Å². The average Bonchev–Trinajstić information content (AvgIpc) is 2.36. The molecule has 0 fully saturated rings. The summed E-state index contributed by atoms with van der Waals surface area (Å²) in [7, 11) is 0. The lowest BCUT2D eigenvalue weighted by atomic mass is 10.3. The number of thiocarbonyl (C=S) groups is 1. The fraction of sp³-hybridized carbons (Fsp3) is 0.273. The van der Waals surface area contributed by atoms with Gasteiger partial charge in [-0.25, -0.2) is 0 Å². The number of anilines is 1. The Balaban J connectivity index is 2.70. The Morgan fingerprint density at radius 2 is 2.00 bits per heavy atom. The first-order valence-electron chi connectivity index (χ1n) is 5.47. The highest BCUT2D eigenvalue weighted by molar-refractivity contribution is 9.10. The molecule has 1 rings (SSSR count). The van der Waals surface area contributed by atoms with E-state index < -0.39 is 15.9 Å². The van der Waals surface area contributed by atoms with Gasteiger partial charge in [0, 0.05) is 10.2 Å². The molecule has 10 heteroatoms. The maximum Gasteiger partial charge on any atom is 0.236 e. The monoisotopic (exact) mass is 451 g/mol. The molecule has 1 atom stereocenters. The van der Waals surface area contributed by atoms with Crippen molar-refractivity contribution in [3.05, 3.63) is 28.7 Å². The van der Waals surface area contributed by atoms with Crippen LogP contribution in [0.5, 0.6) is 0 Å². The SMILES string of the molecule is O=C(CCl)N[C@@H](NC(=S)Nc1cccc(Br)c1)C(Cl)(Cl)Cl. The van der Waals surface area contributed by atoms with E-state index in [0.717, 1.165) is 10.2 Å². The van der Waals surface area contributed by atoms with Crippen molar-refractivity contribution in [3.63, 3.8) is 0 Å². The van der Waals surface area contributed by atoms with Crippen LogP contribution in [0.15, 0.2) is 28.7 Å². The molecule has 0 aromatic heterocycles. The molecule has 0 heterocycles. The van der Waals surface area contributed by atoms with Gasteiger partial charge in [-0.2, -0.15) is 0 Å². The summed E-state index contributed by atoms with van der Waals surface area (Å²) in [5, 5.41) is 8.22. The number of nitrogens with one attached hydrogen (secondary N) is 3. The number of hydrogen-bond acceptors (Lipinski definition) is 2. The quantitative estimate of drug-likeness (QED) is 0.369. The van der Waals surface area contributed by atoms with Crippen molar-refractivity contribution in [3.8, 4) is 0 Å². The molecular formula is C11H10BrCl4N3OS. The minimum Gasteiger partial charge on any atom is -0.339 e. The molecule has 1 aromatic rings. The lowest BCUT2D eigenvalue weighted by Gasteiger charge is -2.27. The molecule has 0 aliphatic rings. The predicted octanol–water partition coefficient (Wildman–Crippen LogP) is 3.79. The lowest BCUT2D eigenvalue weighted by Crippen LogP contribution is -2.56. The van der Waals surface area contributed by atoms with Crippen LogP contribution < -0.4 is 16.0 Å². The van der Waals surface area contributed by atoms with Crippen molar-refractivity contribution in [1.82, 2.24) is 10.6 Å². The van der Waals surface area contributed by atoms with Gasteiger partial charge in [0.05, 0.1) is 0 Å². The van der Waals surface area contributed by atoms with Crippen LogP contribution in [0.3, 0.4) is 0 Å². The minimum atomic E-state index is -1.80. The van der Waals surface area contributed by atoms with Crippen LogP contribution in [0.2, 0.25) is 0 Å². The Morgan fingerprint density at radius 1 is 1.33 bits per heavy atom. The zero-order valence-electron chi connectivity index (χ0n) is 10.3. The van der Waals surface area contributed by atoms with E-state index in [2.05, 4.69) is 31.9 Å². The summed E-state index contributed by atoms with van der Waals surface area (Å²) in [4.78, 5) is 11.3. The van der Waals surface area contributed by atoms with Gasteiger partial charge in [-0.05, 0) is 30.4 Å². The molecule has 1 amide bonds. The number of benzene rings is 1. The molecule has 0 saturated heterocycles. The van der Waals surface area contributed by atoms with E-state index in [4.69, 9.17) is 58.6 Å². The third kappa shape index (κ3) is 7.21. The van der Waals surface area contributed by atoms with Gasteiger partial charge in [-0.15, -0.1) is 11.6 Å². The number of halogens is 5. The highest BCUT2D eigenvalue weighted by Crippen LogP contribution is 2.29. The van der Waals surface area contributed by atoms with E-state index in [0.29, 0.717) is 0 Å². The van der Waals surface area contributed by atoms with Crippen molar-refractivity contribution in [2.75, 3.05) is 11.2 Å². The molecule has 0 radical (unpaired) electrons. The Labute approximate surface area is 156 Å². The Bertz CT molecular complexity index is 526. The maximum atomic E-state index is 11.3. The Morgan fingerprint density at radius 3 is 2.52 bits per heavy atom. The second-order valence-electron chi connectivity index (χ2n) is 3.78. The van der Waals surface area contributed by atoms with Crippen LogP contribution in [0, 0.1) is 0 Å². The van der Waals surface area contributed by atoms with Crippen molar-refractivity contribution in [1.29, 1.82) is 0 Å². The number of carbonyl (C=O) groups excluding carboxylic acids is 1. The van der Waals surface area contributed by atoms with Crippen LogP contribution >= 0.6 is 74.6 Å². The van der Waals surface area contributed by atoms with Crippen LogP contribution in [-0.2, 0) is 4.79 Å². The summed E-state index contributed by atoms with van der Waals surface area (Å²) in [6.45, 7) is 0. The summed E-state index contributed by atoms with van der Waals surface area (Å²) < 4.78 is -0.922. The smallest absolute Gasteiger partial charge is 0.236 e. The topological polar surface area (TPSA) is 53.2 Å². The largest absolute Gasteiger partial charge is 0.339 e. The van der Waals surface area contributed by atoms with E-state index in [9.17, 15) is 4.79 Å². The standard InChI is InChI=1S/C11H10BrCl4N3OS/c12-6-2-1-3-7(4-6)17-10(21)19-9(11(14,15)16)18-8(20)5-13/h1-4,9H,5H2,(H,18,20)(H2,17,19,21)/t9-/m0/s1. The minimum absolute atomic E-state index is 0.180. The second-order valence-corrected chi connectivity index (χ2v) is 7.74. The van der Waals surface area contributed by atoms with Crippen molar-refractivity contribution < 1.29 is 4.79 Å². The van der Waals surface area contributed by atoms with Gasteiger partial charge >= 0.3 is 0 Å². The number of hydrogen-bond donors (Lipinski definition) is 3. The number of amides is 1. The summed E-state index contributed by atoms with van der Waals surface area (Å²) in [6, 6.07) is 7.32. The number of rotatable bonds is 4. The van der Waals surface area contributed by atoms with E-state index >= 15 is 0 Å². The Hall–Kier alpha value is 0.0200. The van der Waals surface area contributed by atoms with E-state index in [1.165, 1.54) is 0 Å². The van der Waals surface area contributed by atoms with E-state index in [1.54, 1.807) is 6.07 Å². The third-order valence-electron chi connectivity index (χ3n) is 2.11. The Kier molecular flexibility index (Phi) is 7.81. The third-order valence-corrected chi connectivity index (χ3v) is 3.72.